The van der Waals surface area contributed by atoms with E-state index in [-0.39, 0.29) is 11.7 Å². The molecular weight excluding hydrogens is 411 g/mol. The molecule has 0 atom stereocenters. The molecule has 0 aliphatic heterocycles. The van der Waals surface area contributed by atoms with Crippen LogP contribution in [0.2, 0.25) is 0 Å². The van der Waals surface area contributed by atoms with E-state index in [1.807, 2.05) is 0 Å². The van der Waals surface area contributed by atoms with Crippen LogP contribution in [0.3, 0.4) is 0 Å². The van der Waals surface area contributed by atoms with Crippen molar-refractivity contribution in [3.63, 3.8) is 0 Å². The fourth-order valence-electron chi connectivity index (χ4n) is 3.79. The molecule has 31 heavy (non-hydrogen) atoms. The number of halogens is 3. The first-order valence-electron chi connectivity index (χ1n) is 9.89. The van der Waals surface area contributed by atoms with E-state index in [0.29, 0.717) is 16.7 Å². The van der Waals surface area contributed by atoms with Gasteiger partial charge in [0.05, 0.1) is 16.9 Å². The average molecular weight is 431 g/mol. The number of urea groups is 1. The van der Waals surface area contributed by atoms with E-state index in [0.717, 1.165) is 37.8 Å². The van der Waals surface area contributed by atoms with Gasteiger partial charge in [0.1, 0.15) is 5.58 Å². The van der Waals surface area contributed by atoms with Gasteiger partial charge in [0.2, 0.25) is 0 Å². The summed E-state index contributed by atoms with van der Waals surface area (Å²) in [4.78, 5) is 25.2. The highest BCUT2D eigenvalue weighted by Gasteiger charge is 2.33. The van der Waals surface area contributed by atoms with Crippen LogP contribution >= 0.6 is 0 Å². The maximum Gasteiger partial charge on any atom is 0.418 e. The highest BCUT2D eigenvalue weighted by atomic mass is 19.4. The van der Waals surface area contributed by atoms with Crippen molar-refractivity contribution in [2.24, 2.45) is 0 Å². The second-order valence-corrected chi connectivity index (χ2v) is 7.38. The lowest BCUT2D eigenvalue weighted by Crippen LogP contribution is -2.27. The number of hydrogen-bond donors (Lipinski definition) is 3. The van der Waals surface area contributed by atoms with E-state index in [1.165, 1.54) is 12.1 Å². The van der Waals surface area contributed by atoms with Crippen LogP contribution in [-0.4, -0.2) is 12.1 Å². The minimum atomic E-state index is -4.64. The molecule has 1 aliphatic carbocycles. The van der Waals surface area contributed by atoms with Crippen molar-refractivity contribution in [2.45, 2.75) is 37.9 Å². The Bertz CT molecular complexity index is 1170. The lowest BCUT2D eigenvalue weighted by atomic mass is 10.1. The minimum absolute atomic E-state index is 0.125. The molecule has 1 aliphatic rings. The molecule has 9 heteroatoms. The van der Waals surface area contributed by atoms with Crippen LogP contribution in [0, 0.1) is 0 Å². The molecule has 0 unspecified atom stereocenters. The Morgan fingerprint density at radius 1 is 0.935 bits per heavy atom. The summed E-state index contributed by atoms with van der Waals surface area (Å²) in [5, 5.41) is 8.48. The number of rotatable bonds is 4. The van der Waals surface area contributed by atoms with Crippen LogP contribution in [0.15, 0.2) is 57.7 Å². The number of benzene rings is 2. The Labute approximate surface area is 175 Å². The fraction of sp³-hybridized carbons (Fsp3) is 0.273. The molecule has 0 spiro atoms. The van der Waals surface area contributed by atoms with E-state index in [4.69, 9.17) is 4.42 Å². The fourth-order valence-corrected chi connectivity index (χ4v) is 3.79. The maximum absolute atomic E-state index is 13.2. The van der Waals surface area contributed by atoms with E-state index >= 15 is 0 Å². The monoisotopic (exact) mass is 431 g/mol. The van der Waals surface area contributed by atoms with Crippen molar-refractivity contribution in [3.05, 3.63) is 64.5 Å². The van der Waals surface area contributed by atoms with Gasteiger partial charge in [0.25, 0.3) is 0 Å². The van der Waals surface area contributed by atoms with E-state index in [2.05, 4.69) is 16.0 Å². The van der Waals surface area contributed by atoms with Gasteiger partial charge >= 0.3 is 17.8 Å². The van der Waals surface area contributed by atoms with Gasteiger partial charge in [-0.1, -0.05) is 37.1 Å². The highest BCUT2D eigenvalue weighted by molar-refractivity contribution is 6.06. The number of carbonyl (C=O) groups excluding carboxylic acids is 1. The van der Waals surface area contributed by atoms with Crippen molar-refractivity contribution < 1.29 is 22.4 Å². The zero-order valence-electron chi connectivity index (χ0n) is 16.4. The second-order valence-electron chi connectivity index (χ2n) is 7.38. The minimum Gasteiger partial charge on any atom is -0.421 e. The molecule has 3 aromatic rings. The van der Waals surface area contributed by atoms with Crippen molar-refractivity contribution in [1.29, 1.82) is 0 Å². The topological polar surface area (TPSA) is 83.4 Å². The summed E-state index contributed by atoms with van der Waals surface area (Å²) in [5.41, 5.74) is -1.59. The predicted molar refractivity (Wildman–Crippen MR) is 112 cm³/mol. The SMILES string of the molecule is O=C(Nc1ccccc1C(F)(F)F)Nc1c(NC2CCCC2)c2ccccc2oc1=O. The van der Waals surface area contributed by atoms with Gasteiger partial charge in [-0.3, -0.25) is 5.32 Å². The average Bonchev–Trinajstić information content (AvgIpc) is 3.23. The Morgan fingerprint density at radius 3 is 2.35 bits per heavy atom. The molecule has 162 valence electrons. The Kier molecular flexibility index (Phi) is 5.58. The van der Waals surface area contributed by atoms with Crippen molar-refractivity contribution in [1.82, 2.24) is 0 Å². The largest absolute Gasteiger partial charge is 0.421 e. The summed E-state index contributed by atoms with van der Waals surface area (Å²) in [6.45, 7) is 0. The summed E-state index contributed by atoms with van der Waals surface area (Å²) in [6, 6.07) is 10.6. The molecule has 1 heterocycles. The molecule has 0 bridgehead atoms. The van der Waals surface area contributed by atoms with E-state index < -0.39 is 29.1 Å². The Hall–Kier alpha value is -3.49. The molecular formula is C22H20F3N3O3. The van der Waals surface area contributed by atoms with Gasteiger partial charge in [-0.25, -0.2) is 9.59 Å². The van der Waals surface area contributed by atoms with Crippen LogP contribution < -0.4 is 21.6 Å². The Morgan fingerprint density at radius 2 is 1.61 bits per heavy atom. The number of nitrogens with one attached hydrogen (secondary N) is 3. The molecule has 1 fully saturated rings. The third-order valence-corrected chi connectivity index (χ3v) is 5.24. The number of para-hydroxylation sites is 2. The third kappa shape index (κ3) is 4.50. The molecule has 3 N–H and O–H groups in total. The molecule has 2 amide bonds. The number of alkyl halides is 3. The van der Waals surface area contributed by atoms with Gasteiger partial charge in [0, 0.05) is 11.4 Å². The summed E-state index contributed by atoms with van der Waals surface area (Å²) < 4.78 is 44.9. The molecule has 2 aromatic carbocycles. The first-order chi connectivity index (χ1) is 14.8. The third-order valence-electron chi connectivity index (χ3n) is 5.24. The van der Waals surface area contributed by atoms with Crippen LogP contribution in [-0.2, 0) is 6.18 Å². The van der Waals surface area contributed by atoms with E-state index in [1.54, 1.807) is 24.3 Å². The first-order valence-corrected chi connectivity index (χ1v) is 9.89. The molecule has 4 rings (SSSR count). The maximum atomic E-state index is 13.2. The smallest absolute Gasteiger partial charge is 0.418 e. The van der Waals surface area contributed by atoms with Gasteiger partial charge in [-0.15, -0.1) is 0 Å². The zero-order chi connectivity index (χ0) is 22.0. The zero-order valence-corrected chi connectivity index (χ0v) is 16.4. The highest BCUT2D eigenvalue weighted by Crippen LogP contribution is 2.35. The lowest BCUT2D eigenvalue weighted by molar-refractivity contribution is -0.136. The second kappa shape index (κ2) is 8.33. The lowest BCUT2D eigenvalue weighted by Gasteiger charge is -2.19. The van der Waals surface area contributed by atoms with Gasteiger partial charge in [-0.2, -0.15) is 13.2 Å². The van der Waals surface area contributed by atoms with Crippen molar-refractivity contribution >= 4 is 34.1 Å². The number of carbonyl (C=O) groups is 1. The summed E-state index contributed by atoms with van der Waals surface area (Å²) >= 11 is 0. The summed E-state index contributed by atoms with van der Waals surface area (Å²) in [6.07, 6.45) is -0.706. The van der Waals surface area contributed by atoms with Gasteiger partial charge in [0.15, 0.2) is 5.69 Å². The summed E-state index contributed by atoms with van der Waals surface area (Å²) in [7, 11) is 0. The standard InChI is InChI=1S/C22H20F3N3O3/c23-22(24,25)15-10-4-5-11-16(15)27-21(30)28-19-18(26-13-7-1-2-8-13)14-9-3-6-12-17(14)31-20(19)29/h3-6,9-13,26H,1-2,7-8H2,(H2,27,28,30). The summed E-state index contributed by atoms with van der Waals surface area (Å²) in [5.74, 6) is 0. The van der Waals surface area contributed by atoms with Crippen molar-refractivity contribution in [2.75, 3.05) is 16.0 Å². The normalized spacial score (nSPS) is 14.5. The quantitative estimate of drug-likeness (QED) is 0.455. The first kappa shape index (κ1) is 20.8. The molecule has 1 aromatic heterocycles. The van der Waals surface area contributed by atoms with Crippen molar-refractivity contribution in [3.8, 4) is 0 Å². The predicted octanol–water partition coefficient (Wildman–Crippen LogP) is 5.81. The van der Waals surface area contributed by atoms with Crippen LogP contribution in [0.1, 0.15) is 31.2 Å². The number of fused-ring (bicyclic) bond motifs is 1. The molecule has 1 saturated carbocycles. The van der Waals surface area contributed by atoms with Crippen LogP contribution in [0.25, 0.3) is 11.0 Å². The number of anilines is 3. The van der Waals surface area contributed by atoms with E-state index in [9.17, 15) is 22.8 Å². The number of amides is 2. The number of hydrogen-bond acceptors (Lipinski definition) is 4. The molecule has 0 saturated heterocycles. The van der Waals surface area contributed by atoms with Gasteiger partial charge < -0.3 is 15.1 Å². The van der Waals surface area contributed by atoms with Gasteiger partial charge in [-0.05, 0) is 37.1 Å². The molecule has 6 nitrogen and oxygen atoms in total. The van der Waals surface area contributed by atoms with Crippen LogP contribution in [0.5, 0.6) is 0 Å². The van der Waals surface area contributed by atoms with Crippen LogP contribution in [0.4, 0.5) is 35.0 Å². The molecule has 0 radical (unpaired) electrons. The Balaban J connectivity index is 1.67.